The minimum atomic E-state index is -0.160. The molecule has 0 atom stereocenters. The average molecular weight is 463 g/mol. The maximum Gasteiger partial charge on any atom is 0.191 e. The number of para-hydroxylation sites is 1. The highest BCUT2D eigenvalue weighted by Gasteiger charge is 2.32. The number of hydrogen-bond donors (Lipinski definition) is 2. The van der Waals surface area contributed by atoms with Crippen molar-refractivity contribution in [1.82, 2.24) is 10.6 Å². The number of methoxy groups -OCH3 is 1. The highest BCUT2D eigenvalue weighted by atomic mass is 127. The van der Waals surface area contributed by atoms with Crippen molar-refractivity contribution in [3.63, 3.8) is 0 Å². The van der Waals surface area contributed by atoms with Gasteiger partial charge in [0.15, 0.2) is 5.96 Å². The minimum Gasteiger partial charge on any atom is -0.494 e. The van der Waals surface area contributed by atoms with E-state index in [1.165, 1.54) is 0 Å². The van der Waals surface area contributed by atoms with Gasteiger partial charge in [-0.2, -0.15) is 0 Å². The molecule has 142 valence electrons. The third-order valence-corrected chi connectivity index (χ3v) is 4.26. The zero-order valence-corrected chi connectivity index (χ0v) is 17.5. The molecule has 0 saturated carbocycles. The molecular weight excluding hydrogens is 433 g/mol. The molecule has 0 radical (unpaired) electrons. The molecule has 1 aromatic rings. The van der Waals surface area contributed by atoms with Crippen LogP contribution in [0, 0.1) is 0 Å². The molecule has 1 aliphatic rings. The monoisotopic (exact) mass is 463 g/mol. The average Bonchev–Trinajstić information content (AvgIpc) is 2.65. The summed E-state index contributed by atoms with van der Waals surface area (Å²) in [6.45, 7) is 3.70. The second-order valence-electron chi connectivity index (χ2n) is 5.87. The number of hydrogen-bond acceptors (Lipinski definition) is 4. The summed E-state index contributed by atoms with van der Waals surface area (Å²) >= 11 is 0. The molecule has 0 aliphatic carbocycles. The van der Waals surface area contributed by atoms with Crippen LogP contribution in [0.2, 0.25) is 0 Å². The van der Waals surface area contributed by atoms with E-state index in [0.29, 0.717) is 6.61 Å². The highest BCUT2D eigenvalue weighted by Crippen LogP contribution is 2.23. The smallest absolute Gasteiger partial charge is 0.191 e. The van der Waals surface area contributed by atoms with Gasteiger partial charge in [0.05, 0.1) is 12.2 Å². The highest BCUT2D eigenvalue weighted by molar-refractivity contribution is 14.0. The Balaban J connectivity index is 0.00000312. The molecule has 1 aliphatic heterocycles. The SMILES string of the molecule is CN=C(NCCCOc1ccccc1)NCC1(OC)CCOCC1.I. The third-order valence-electron chi connectivity index (χ3n) is 4.26. The van der Waals surface area contributed by atoms with Gasteiger partial charge in [-0.3, -0.25) is 4.99 Å². The van der Waals surface area contributed by atoms with Crippen LogP contribution < -0.4 is 15.4 Å². The molecule has 0 bridgehead atoms. The third kappa shape index (κ3) is 7.79. The largest absolute Gasteiger partial charge is 0.494 e. The van der Waals surface area contributed by atoms with Gasteiger partial charge in [-0.15, -0.1) is 24.0 Å². The summed E-state index contributed by atoms with van der Waals surface area (Å²) in [4.78, 5) is 4.26. The number of ether oxygens (including phenoxy) is 3. The molecule has 6 nitrogen and oxygen atoms in total. The van der Waals surface area contributed by atoms with Gasteiger partial charge < -0.3 is 24.8 Å². The van der Waals surface area contributed by atoms with Crippen LogP contribution in [0.25, 0.3) is 0 Å². The molecule has 0 unspecified atom stereocenters. The second-order valence-corrected chi connectivity index (χ2v) is 5.87. The van der Waals surface area contributed by atoms with Crippen molar-refractivity contribution < 1.29 is 14.2 Å². The lowest BCUT2D eigenvalue weighted by molar-refractivity contribution is -0.0855. The second kappa shape index (κ2) is 12.3. The molecule has 1 aromatic carbocycles. The summed E-state index contributed by atoms with van der Waals surface area (Å²) in [7, 11) is 3.55. The lowest BCUT2D eigenvalue weighted by Crippen LogP contribution is -2.50. The molecule has 0 amide bonds. The Morgan fingerprint density at radius 1 is 1.20 bits per heavy atom. The Morgan fingerprint density at radius 3 is 2.56 bits per heavy atom. The summed E-state index contributed by atoms with van der Waals surface area (Å²) < 4.78 is 16.8. The first-order valence-electron chi connectivity index (χ1n) is 8.53. The minimum absolute atomic E-state index is 0. The summed E-state index contributed by atoms with van der Waals surface area (Å²) in [6, 6.07) is 9.86. The molecule has 1 saturated heterocycles. The van der Waals surface area contributed by atoms with Gasteiger partial charge in [0.25, 0.3) is 0 Å². The zero-order chi connectivity index (χ0) is 17.1. The quantitative estimate of drug-likeness (QED) is 0.269. The number of halogens is 1. The number of benzene rings is 1. The molecule has 0 aromatic heterocycles. The standard InChI is InChI=1S/C18H29N3O3.HI/c1-19-17(21-15-18(22-2)9-13-23-14-10-18)20-11-6-12-24-16-7-4-3-5-8-16;/h3-5,7-8H,6,9-15H2,1-2H3,(H2,19,20,21);1H. The van der Waals surface area contributed by atoms with Crippen LogP contribution >= 0.6 is 24.0 Å². The molecule has 25 heavy (non-hydrogen) atoms. The van der Waals surface area contributed by atoms with Gasteiger partial charge in [-0.05, 0) is 18.6 Å². The summed E-state index contributed by atoms with van der Waals surface area (Å²) in [5.74, 6) is 1.69. The first kappa shape index (κ1) is 22.0. The first-order valence-corrected chi connectivity index (χ1v) is 8.53. The maximum atomic E-state index is 5.72. The van der Waals surface area contributed by atoms with Crippen molar-refractivity contribution >= 4 is 29.9 Å². The van der Waals surface area contributed by atoms with E-state index in [1.54, 1.807) is 14.2 Å². The molecule has 2 rings (SSSR count). The van der Waals surface area contributed by atoms with E-state index >= 15 is 0 Å². The van der Waals surface area contributed by atoms with Crippen molar-refractivity contribution in [2.45, 2.75) is 24.9 Å². The fourth-order valence-electron chi connectivity index (χ4n) is 2.65. The molecule has 7 heteroatoms. The van der Waals surface area contributed by atoms with E-state index in [9.17, 15) is 0 Å². The Bertz CT molecular complexity index is 494. The topological polar surface area (TPSA) is 64.1 Å². The number of nitrogens with zero attached hydrogens (tertiary/aromatic N) is 1. The fourth-order valence-corrected chi connectivity index (χ4v) is 2.65. The van der Waals surface area contributed by atoms with Crippen LogP contribution in [0.15, 0.2) is 35.3 Å². The lowest BCUT2D eigenvalue weighted by atomic mass is 9.94. The van der Waals surface area contributed by atoms with E-state index in [4.69, 9.17) is 14.2 Å². The van der Waals surface area contributed by atoms with E-state index in [1.807, 2.05) is 30.3 Å². The van der Waals surface area contributed by atoms with Crippen LogP contribution in [0.5, 0.6) is 5.75 Å². The van der Waals surface area contributed by atoms with Crippen LogP contribution in [0.1, 0.15) is 19.3 Å². The fraction of sp³-hybridized carbons (Fsp3) is 0.611. The van der Waals surface area contributed by atoms with Gasteiger partial charge in [0.2, 0.25) is 0 Å². The van der Waals surface area contributed by atoms with E-state index in [2.05, 4.69) is 15.6 Å². The van der Waals surface area contributed by atoms with E-state index in [0.717, 1.165) is 57.3 Å². The van der Waals surface area contributed by atoms with Crippen molar-refractivity contribution in [1.29, 1.82) is 0 Å². The Kier molecular flexibility index (Phi) is 10.8. The van der Waals surface area contributed by atoms with Crippen molar-refractivity contribution in [3.8, 4) is 5.75 Å². The van der Waals surface area contributed by atoms with Crippen molar-refractivity contribution in [3.05, 3.63) is 30.3 Å². The maximum absolute atomic E-state index is 5.72. The molecule has 2 N–H and O–H groups in total. The van der Waals surface area contributed by atoms with Crippen LogP contribution in [-0.2, 0) is 9.47 Å². The first-order chi connectivity index (χ1) is 11.8. The van der Waals surface area contributed by atoms with Gasteiger partial charge in [-0.25, -0.2) is 0 Å². The van der Waals surface area contributed by atoms with Gasteiger partial charge in [-0.1, -0.05) is 18.2 Å². The normalized spacial score (nSPS) is 16.6. The number of aliphatic imine (C=N–C) groups is 1. The van der Waals surface area contributed by atoms with Crippen LogP contribution in [0.4, 0.5) is 0 Å². The van der Waals surface area contributed by atoms with E-state index in [-0.39, 0.29) is 29.6 Å². The summed E-state index contributed by atoms with van der Waals surface area (Å²) in [5, 5.41) is 6.67. The van der Waals surface area contributed by atoms with Crippen molar-refractivity contribution in [2.75, 3.05) is 47.1 Å². The molecular formula is C18H30IN3O3. The number of guanidine groups is 1. The Labute approximate surface area is 167 Å². The Hall–Kier alpha value is -1.06. The summed E-state index contributed by atoms with van der Waals surface area (Å²) in [6.07, 6.45) is 2.70. The molecule has 0 spiro atoms. The number of nitrogens with one attached hydrogen (secondary N) is 2. The lowest BCUT2D eigenvalue weighted by Gasteiger charge is -2.36. The van der Waals surface area contributed by atoms with Gasteiger partial charge in [0.1, 0.15) is 5.75 Å². The molecule has 1 fully saturated rings. The zero-order valence-electron chi connectivity index (χ0n) is 15.1. The Morgan fingerprint density at radius 2 is 1.92 bits per heavy atom. The molecule has 1 heterocycles. The predicted octanol–water partition coefficient (Wildman–Crippen LogP) is 2.43. The predicted molar refractivity (Wildman–Crippen MR) is 111 cm³/mol. The van der Waals surface area contributed by atoms with Crippen LogP contribution in [-0.4, -0.2) is 58.6 Å². The van der Waals surface area contributed by atoms with Gasteiger partial charge in [0, 0.05) is 53.3 Å². The van der Waals surface area contributed by atoms with Crippen molar-refractivity contribution in [2.24, 2.45) is 4.99 Å². The number of rotatable bonds is 8. The van der Waals surface area contributed by atoms with Crippen LogP contribution in [0.3, 0.4) is 0 Å². The summed E-state index contributed by atoms with van der Waals surface area (Å²) in [5.41, 5.74) is -0.160. The van der Waals surface area contributed by atoms with E-state index < -0.39 is 0 Å². The van der Waals surface area contributed by atoms with Gasteiger partial charge >= 0.3 is 0 Å².